The van der Waals surface area contributed by atoms with Crippen molar-refractivity contribution in [3.63, 3.8) is 0 Å². The molecule has 0 saturated heterocycles. The largest absolute Gasteiger partial charge is 0.494 e. The van der Waals surface area contributed by atoms with E-state index in [-0.39, 0.29) is 6.04 Å². The second-order valence-corrected chi connectivity index (χ2v) is 9.05. The van der Waals surface area contributed by atoms with Gasteiger partial charge in [-0.3, -0.25) is 14.0 Å². The molecule has 4 rings (SSSR count). The van der Waals surface area contributed by atoms with Crippen LogP contribution in [-0.2, 0) is 0 Å². The Balaban J connectivity index is 0.000000998. The first kappa shape index (κ1) is 31.5. The van der Waals surface area contributed by atoms with Gasteiger partial charge < -0.3 is 14.2 Å². The van der Waals surface area contributed by atoms with E-state index in [0.717, 1.165) is 11.3 Å². The number of ether oxygens (including phenoxy) is 3. The molecule has 1 atom stereocenters. The molecule has 0 bridgehead atoms. The second-order valence-electron chi connectivity index (χ2n) is 8.23. The van der Waals surface area contributed by atoms with Crippen molar-refractivity contribution >= 4 is 17.9 Å². The van der Waals surface area contributed by atoms with Gasteiger partial charge in [0.05, 0.1) is 33.6 Å². The first-order valence-electron chi connectivity index (χ1n) is 13.0. The summed E-state index contributed by atoms with van der Waals surface area (Å²) in [6.07, 6.45) is 5.13. The number of rotatable bonds is 10. The van der Waals surface area contributed by atoms with Crippen LogP contribution in [-0.4, -0.2) is 56.6 Å². The van der Waals surface area contributed by atoms with Crippen molar-refractivity contribution in [2.24, 2.45) is 0 Å². The number of para-hydroxylation sites is 1. The molecule has 10 nitrogen and oxygen atoms in total. The average molecular weight is 556 g/mol. The van der Waals surface area contributed by atoms with Crippen LogP contribution in [0.2, 0.25) is 0 Å². The number of benzene rings is 1. The lowest BCUT2D eigenvalue weighted by Crippen LogP contribution is -2.11. The number of pyridine rings is 1. The summed E-state index contributed by atoms with van der Waals surface area (Å²) in [5.41, 5.74) is 2.39. The van der Waals surface area contributed by atoms with Crippen LogP contribution < -0.4 is 18.9 Å². The summed E-state index contributed by atoms with van der Waals surface area (Å²) in [4.78, 5) is 4.55. The van der Waals surface area contributed by atoms with Crippen LogP contribution in [0.3, 0.4) is 0 Å². The number of nitrogens with one attached hydrogen (secondary N) is 1. The monoisotopic (exact) mass is 555 g/mol. The van der Waals surface area contributed by atoms with E-state index >= 15 is 0 Å². The molecule has 0 fully saturated rings. The third kappa shape index (κ3) is 8.13. The summed E-state index contributed by atoms with van der Waals surface area (Å²) in [6.45, 7) is 12.4. The molecule has 1 aromatic carbocycles. The van der Waals surface area contributed by atoms with Gasteiger partial charge in [0.2, 0.25) is 11.8 Å². The van der Waals surface area contributed by atoms with Gasteiger partial charge in [-0.15, -0.1) is 10.2 Å². The smallest absolute Gasteiger partial charge is 0.239 e. The summed E-state index contributed by atoms with van der Waals surface area (Å²) < 4.78 is 23.7. The second kappa shape index (κ2) is 16.3. The molecule has 212 valence electrons. The molecule has 11 heteroatoms. The average Bonchev–Trinajstić information content (AvgIpc) is 3.60. The topological polar surface area (TPSA) is 101 Å². The highest BCUT2D eigenvalue weighted by atomic mass is 32.2. The van der Waals surface area contributed by atoms with Gasteiger partial charge in [0.1, 0.15) is 22.9 Å². The maximum Gasteiger partial charge on any atom is 0.239 e. The predicted octanol–water partition coefficient (Wildman–Crippen LogP) is 6.62. The fraction of sp³-hybridized carbons (Fsp3) is 0.429. The minimum Gasteiger partial charge on any atom is -0.494 e. The van der Waals surface area contributed by atoms with Crippen LogP contribution in [0, 0.1) is 6.92 Å². The minimum atomic E-state index is 0.183. The van der Waals surface area contributed by atoms with E-state index < -0.39 is 0 Å². The quantitative estimate of drug-likeness (QED) is 0.216. The first-order valence-corrected chi connectivity index (χ1v) is 14.0. The number of hydrogen-bond donors (Lipinski definition) is 1. The van der Waals surface area contributed by atoms with Crippen LogP contribution in [0.15, 0.2) is 48.8 Å². The van der Waals surface area contributed by atoms with Crippen molar-refractivity contribution in [3.05, 3.63) is 54.4 Å². The van der Waals surface area contributed by atoms with Crippen molar-refractivity contribution in [2.75, 3.05) is 31.8 Å². The Bertz CT molecular complexity index is 1250. The summed E-state index contributed by atoms with van der Waals surface area (Å²) in [5.74, 6) is 3.47. The number of aromatic nitrogens is 6. The van der Waals surface area contributed by atoms with E-state index in [0.29, 0.717) is 40.5 Å². The number of aryl methyl sites for hydroxylation is 1. The molecular weight excluding hydrogens is 514 g/mol. The standard InChI is InChI=1S/C23H27N7O3S.C3H8.C2H6/c1-15-12-24-29(13-15)16(2)14-34-28-23-27-26-22(17-8-6-11-20(25-17)33-5)30(23)21-18(31-3)9-7-10-19(21)32-4;1-3-2;1-2/h6-13,16H,14H2,1-5H3,(H,27,28);3H2,1-2H3;1-2H3. The van der Waals surface area contributed by atoms with Gasteiger partial charge in [-0.1, -0.05) is 46.2 Å². The molecular formula is C28H41N7O3S. The lowest BCUT2D eigenvalue weighted by molar-refractivity contribution is 0.391. The van der Waals surface area contributed by atoms with E-state index in [9.17, 15) is 0 Å². The highest BCUT2D eigenvalue weighted by Gasteiger charge is 2.23. The van der Waals surface area contributed by atoms with Crippen molar-refractivity contribution < 1.29 is 14.2 Å². The molecule has 1 N–H and O–H groups in total. The number of nitrogens with zero attached hydrogens (tertiary/aromatic N) is 6. The molecule has 3 heterocycles. The van der Waals surface area contributed by atoms with Crippen molar-refractivity contribution in [1.82, 2.24) is 29.5 Å². The molecule has 0 aliphatic rings. The van der Waals surface area contributed by atoms with Crippen LogP contribution in [0.25, 0.3) is 17.2 Å². The Kier molecular flexibility index (Phi) is 13.1. The molecule has 3 aromatic heterocycles. The zero-order chi connectivity index (χ0) is 28.8. The highest BCUT2D eigenvalue weighted by molar-refractivity contribution is 8.00. The molecule has 4 aromatic rings. The molecule has 39 heavy (non-hydrogen) atoms. The molecule has 0 saturated carbocycles. The van der Waals surface area contributed by atoms with Gasteiger partial charge in [-0.05, 0) is 49.6 Å². The highest BCUT2D eigenvalue weighted by Crippen LogP contribution is 2.38. The number of hydrogen-bond acceptors (Lipinski definition) is 9. The lowest BCUT2D eigenvalue weighted by Gasteiger charge is -2.18. The van der Waals surface area contributed by atoms with Gasteiger partial charge in [0, 0.05) is 18.0 Å². The Morgan fingerprint density at radius 3 is 2.15 bits per heavy atom. The zero-order valence-corrected chi connectivity index (χ0v) is 25.2. The number of methoxy groups -OCH3 is 3. The fourth-order valence-electron chi connectivity index (χ4n) is 3.41. The zero-order valence-electron chi connectivity index (χ0n) is 24.4. The SMILES string of the molecule is CC.CCC.COc1cccc(-c2nnc(NSCC(C)n3cc(C)cn3)n2-c2c(OC)cccc2OC)n1. The molecule has 0 aliphatic carbocycles. The van der Waals surface area contributed by atoms with Crippen LogP contribution in [0.1, 0.15) is 52.6 Å². The Morgan fingerprint density at radius 1 is 0.949 bits per heavy atom. The first-order chi connectivity index (χ1) is 19.0. The Morgan fingerprint density at radius 2 is 1.59 bits per heavy atom. The van der Waals surface area contributed by atoms with Gasteiger partial charge in [-0.25, -0.2) is 4.98 Å². The summed E-state index contributed by atoms with van der Waals surface area (Å²) >= 11 is 1.51. The molecule has 0 radical (unpaired) electrons. The molecule has 0 spiro atoms. The van der Waals surface area contributed by atoms with E-state index in [1.54, 1.807) is 27.4 Å². The summed E-state index contributed by atoms with van der Waals surface area (Å²) in [5, 5.41) is 13.3. The Labute approximate surface area is 236 Å². The van der Waals surface area contributed by atoms with Crippen molar-refractivity contribution in [1.29, 1.82) is 0 Å². The number of anilines is 1. The van der Waals surface area contributed by atoms with E-state index in [4.69, 9.17) is 14.2 Å². The molecule has 0 amide bonds. The predicted molar refractivity (Wildman–Crippen MR) is 159 cm³/mol. The van der Waals surface area contributed by atoms with E-state index in [1.165, 1.54) is 18.4 Å². The maximum atomic E-state index is 5.66. The minimum absolute atomic E-state index is 0.183. The third-order valence-corrected chi connectivity index (χ3v) is 6.10. The summed E-state index contributed by atoms with van der Waals surface area (Å²) in [6, 6.07) is 11.3. The fourth-order valence-corrected chi connectivity index (χ4v) is 4.15. The van der Waals surface area contributed by atoms with Crippen LogP contribution >= 0.6 is 11.9 Å². The van der Waals surface area contributed by atoms with E-state index in [1.807, 2.05) is 72.7 Å². The van der Waals surface area contributed by atoms with Gasteiger partial charge in [0.25, 0.3) is 0 Å². The third-order valence-electron chi connectivity index (χ3n) is 5.12. The van der Waals surface area contributed by atoms with Gasteiger partial charge in [-0.2, -0.15) is 5.10 Å². The Hall–Kier alpha value is -3.73. The van der Waals surface area contributed by atoms with Gasteiger partial charge in [0.15, 0.2) is 5.82 Å². The van der Waals surface area contributed by atoms with Crippen LogP contribution in [0.4, 0.5) is 5.95 Å². The lowest BCUT2D eigenvalue weighted by atomic mass is 10.2. The van der Waals surface area contributed by atoms with E-state index in [2.05, 4.69) is 45.8 Å². The van der Waals surface area contributed by atoms with Crippen molar-refractivity contribution in [2.45, 2.75) is 54.0 Å². The summed E-state index contributed by atoms with van der Waals surface area (Å²) in [7, 11) is 4.80. The normalized spacial score (nSPS) is 10.9. The van der Waals surface area contributed by atoms with Crippen LogP contribution in [0.5, 0.6) is 17.4 Å². The maximum absolute atomic E-state index is 5.66. The molecule has 0 aliphatic heterocycles. The molecule has 1 unspecified atom stereocenters. The van der Waals surface area contributed by atoms with Crippen molar-refractivity contribution in [3.8, 4) is 34.6 Å². The van der Waals surface area contributed by atoms with Gasteiger partial charge >= 0.3 is 0 Å².